The van der Waals surface area contributed by atoms with Gasteiger partial charge in [0.25, 0.3) is 0 Å². The van der Waals surface area contributed by atoms with Crippen molar-refractivity contribution >= 4 is 0 Å². The molecule has 13 heavy (non-hydrogen) atoms. The highest BCUT2D eigenvalue weighted by atomic mass is 16.5. The molecule has 0 fully saturated rings. The highest BCUT2D eigenvalue weighted by Crippen LogP contribution is 2.13. The molecule has 2 nitrogen and oxygen atoms in total. The minimum atomic E-state index is 0.652. The van der Waals surface area contributed by atoms with Gasteiger partial charge in [-0.3, -0.25) is 0 Å². The maximum Gasteiger partial charge on any atom is 0.0487 e. The van der Waals surface area contributed by atoms with Crippen LogP contribution in [0.5, 0.6) is 0 Å². The van der Waals surface area contributed by atoms with Gasteiger partial charge in [0, 0.05) is 19.8 Å². The molecule has 0 saturated heterocycles. The summed E-state index contributed by atoms with van der Waals surface area (Å²) in [6.45, 7) is 7.66. The summed E-state index contributed by atoms with van der Waals surface area (Å²) in [5.41, 5.74) is 0. The molecule has 80 valence electrons. The lowest BCUT2D eigenvalue weighted by Gasteiger charge is -2.21. The van der Waals surface area contributed by atoms with Crippen LogP contribution in [0.25, 0.3) is 0 Å². The van der Waals surface area contributed by atoms with Gasteiger partial charge in [-0.1, -0.05) is 20.8 Å². The standard InChI is InChI=1S/C11H25NO/c1-9(2)11(12-4)7-6-10(3)8-13-5/h9-12H,6-8H2,1-5H3. The van der Waals surface area contributed by atoms with E-state index in [1.165, 1.54) is 12.8 Å². The summed E-state index contributed by atoms with van der Waals surface area (Å²) in [5.74, 6) is 1.40. The van der Waals surface area contributed by atoms with E-state index < -0.39 is 0 Å². The Kier molecular flexibility index (Phi) is 7.29. The van der Waals surface area contributed by atoms with Crippen LogP contribution < -0.4 is 5.32 Å². The fourth-order valence-corrected chi connectivity index (χ4v) is 1.64. The molecule has 0 rings (SSSR count). The third kappa shape index (κ3) is 6.05. The SMILES string of the molecule is CNC(CCC(C)COC)C(C)C. The molecule has 0 heterocycles. The highest BCUT2D eigenvalue weighted by molar-refractivity contribution is 4.69. The summed E-state index contributed by atoms with van der Waals surface area (Å²) in [7, 11) is 3.82. The van der Waals surface area contributed by atoms with Crippen molar-refractivity contribution in [1.82, 2.24) is 5.32 Å². The Labute approximate surface area is 83.1 Å². The number of rotatable bonds is 7. The van der Waals surface area contributed by atoms with E-state index in [0.717, 1.165) is 12.5 Å². The van der Waals surface area contributed by atoms with Crippen LogP contribution in [-0.4, -0.2) is 26.8 Å². The topological polar surface area (TPSA) is 21.3 Å². The molecule has 0 aromatic carbocycles. The van der Waals surface area contributed by atoms with Crippen LogP contribution in [0.4, 0.5) is 0 Å². The van der Waals surface area contributed by atoms with Crippen LogP contribution in [0.15, 0.2) is 0 Å². The molecule has 0 saturated carbocycles. The van der Waals surface area contributed by atoms with Gasteiger partial charge in [0.15, 0.2) is 0 Å². The van der Waals surface area contributed by atoms with Crippen molar-refractivity contribution < 1.29 is 4.74 Å². The quantitative estimate of drug-likeness (QED) is 0.660. The van der Waals surface area contributed by atoms with E-state index in [-0.39, 0.29) is 0 Å². The van der Waals surface area contributed by atoms with Crippen molar-refractivity contribution in [1.29, 1.82) is 0 Å². The number of nitrogens with one attached hydrogen (secondary N) is 1. The summed E-state index contributed by atoms with van der Waals surface area (Å²) >= 11 is 0. The maximum absolute atomic E-state index is 5.11. The van der Waals surface area contributed by atoms with Crippen molar-refractivity contribution in [3.63, 3.8) is 0 Å². The van der Waals surface area contributed by atoms with Crippen LogP contribution >= 0.6 is 0 Å². The lowest BCUT2D eigenvalue weighted by Crippen LogP contribution is -2.31. The third-order valence-corrected chi connectivity index (χ3v) is 2.60. The number of methoxy groups -OCH3 is 1. The van der Waals surface area contributed by atoms with E-state index in [0.29, 0.717) is 12.0 Å². The van der Waals surface area contributed by atoms with E-state index in [4.69, 9.17) is 4.74 Å². The predicted octanol–water partition coefficient (Wildman–Crippen LogP) is 2.29. The molecule has 0 amide bonds. The van der Waals surface area contributed by atoms with E-state index >= 15 is 0 Å². The Bertz CT molecular complexity index is 115. The normalized spacial score (nSPS) is 16.2. The Morgan fingerprint density at radius 2 is 1.77 bits per heavy atom. The minimum Gasteiger partial charge on any atom is -0.384 e. The molecule has 0 bridgehead atoms. The van der Waals surface area contributed by atoms with E-state index in [1.807, 2.05) is 7.05 Å². The van der Waals surface area contributed by atoms with Crippen molar-refractivity contribution in [2.45, 2.75) is 39.7 Å². The van der Waals surface area contributed by atoms with E-state index in [9.17, 15) is 0 Å². The fourth-order valence-electron chi connectivity index (χ4n) is 1.64. The fraction of sp³-hybridized carbons (Fsp3) is 1.00. The van der Waals surface area contributed by atoms with Crippen molar-refractivity contribution in [3.05, 3.63) is 0 Å². The zero-order valence-electron chi connectivity index (χ0n) is 9.76. The van der Waals surface area contributed by atoms with Gasteiger partial charge >= 0.3 is 0 Å². The van der Waals surface area contributed by atoms with Gasteiger partial charge in [0.05, 0.1) is 0 Å². The van der Waals surface area contributed by atoms with Gasteiger partial charge < -0.3 is 10.1 Å². The lowest BCUT2D eigenvalue weighted by atomic mass is 9.95. The average Bonchev–Trinajstić information content (AvgIpc) is 2.05. The summed E-state index contributed by atoms with van der Waals surface area (Å²) in [6.07, 6.45) is 2.50. The zero-order chi connectivity index (χ0) is 10.3. The molecule has 2 heteroatoms. The van der Waals surface area contributed by atoms with E-state index in [2.05, 4.69) is 26.1 Å². The zero-order valence-corrected chi connectivity index (χ0v) is 9.76. The highest BCUT2D eigenvalue weighted by Gasteiger charge is 2.12. The monoisotopic (exact) mass is 187 g/mol. The lowest BCUT2D eigenvalue weighted by molar-refractivity contribution is 0.151. The Hall–Kier alpha value is -0.0800. The Balaban J connectivity index is 3.59. The molecule has 0 aliphatic carbocycles. The van der Waals surface area contributed by atoms with Crippen LogP contribution in [0, 0.1) is 11.8 Å². The second kappa shape index (κ2) is 7.34. The van der Waals surface area contributed by atoms with Crippen LogP contribution in [0.3, 0.4) is 0 Å². The van der Waals surface area contributed by atoms with Crippen molar-refractivity contribution in [2.75, 3.05) is 20.8 Å². The first kappa shape index (κ1) is 12.9. The molecule has 0 radical (unpaired) electrons. The molecular formula is C11H25NO. The summed E-state index contributed by atoms with van der Waals surface area (Å²) in [4.78, 5) is 0. The third-order valence-electron chi connectivity index (χ3n) is 2.60. The van der Waals surface area contributed by atoms with Gasteiger partial charge in [-0.05, 0) is 31.7 Å². The number of hydrogen-bond acceptors (Lipinski definition) is 2. The molecule has 0 aliphatic heterocycles. The second-order valence-electron chi connectivity index (χ2n) is 4.28. The summed E-state index contributed by atoms with van der Waals surface area (Å²) in [5, 5.41) is 3.36. The molecule has 0 aromatic heterocycles. The van der Waals surface area contributed by atoms with Crippen molar-refractivity contribution in [2.24, 2.45) is 11.8 Å². The smallest absolute Gasteiger partial charge is 0.0487 e. The number of hydrogen-bond donors (Lipinski definition) is 1. The Morgan fingerprint density at radius 1 is 1.15 bits per heavy atom. The predicted molar refractivity (Wildman–Crippen MR) is 58.0 cm³/mol. The summed E-state index contributed by atoms with van der Waals surface area (Å²) < 4.78 is 5.11. The second-order valence-corrected chi connectivity index (χ2v) is 4.28. The molecule has 2 atom stereocenters. The molecule has 0 aromatic rings. The number of ether oxygens (including phenoxy) is 1. The maximum atomic E-state index is 5.11. The van der Waals surface area contributed by atoms with Gasteiger partial charge in [-0.15, -0.1) is 0 Å². The van der Waals surface area contributed by atoms with E-state index in [1.54, 1.807) is 7.11 Å². The van der Waals surface area contributed by atoms with Gasteiger partial charge in [0.2, 0.25) is 0 Å². The molecule has 2 unspecified atom stereocenters. The molecular weight excluding hydrogens is 162 g/mol. The van der Waals surface area contributed by atoms with Gasteiger partial charge in [-0.25, -0.2) is 0 Å². The van der Waals surface area contributed by atoms with Crippen LogP contribution in [-0.2, 0) is 4.74 Å². The minimum absolute atomic E-state index is 0.652. The largest absolute Gasteiger partial charge is 0.384 e. The first-order chi connectivity index (χ1) is 6.11. The van der Waals surface area contributed by atoms with Crippen molar-refractivity contribution in [3.8, 4) is 0 Å². The van der Waals surface area contributed by atoms with Gasteiger partial charge in [-0.2, -0.15) is 0 Å². The molecule has 0 spiro atoms. The first-order valence-electron chi connectivity index (χ1n) is 5.28. The Morgan fingerprint density at radius 3 is 2.15 bits per heavy atom. The van der Waals surface area contributed by atoms with Crippen LogP contribution in [0.2, 0.25) is 0 Å². The molecule has 1 N–H and O–H groups in total. The van der Waals surface area contributed by atoms with Crippen LogP contribution in [0.1, 0.15) is 33.6 Å². The average molecular weight is 187 g/mol. The van der Waals surface area contributed by atoms with Gasteiger partial charge in [0.1, 0.15) is 0 Å². The first-order valence-corrected chi connectivity index (χ1v) is 5.28. The molecule has 0 aliphatic rings. The summed E-state index contributed by atoms with van der Waals surface area (Å²) in [6, 6.07) is 0.652.